The molecule has 0 bridgehead atoms. The highest BCUT2D eigenvalue weighted by Crippen LogP contribution is 2.48. The third-order valence-electron chi connectivity index (χ3n) is 5.37. The summed E-state index contributed by atoms with van der Waals surface area (Å²) in [6.07, 6.45) is 0.885. The maximum atomic E-state index is 13.9. The van der Waals surface area contributed by atoms with Crippen molar-refractivity contribution in [1.29, 1.82) is 0 Å². The largest absolute Gasteiger partial charge is 0.339 e. The Balaban J connectivity index is 1.35. The summed E-state index contributed by atoms with van der Waals surface area (Å²) < 4.78 is 13.9. The van der Waals surface area contributed by atoms with Crippen LogP contribution in [0.2, 0.25) is 5.02 Å². The zero-order chi connectivity index (χ0) is 19.0. The summed E-state index contributed by atoms with van der Waals surface area (Å²) in [5.74, 6) is -0.453. The molecule has 1 aliphatic carbocycles. The second-order valence-electron chi connectivity index (χ2n) is 7.10. The third kappa shape index (κ3) is 3.69. The van der Waals surface area contributed by atoms with E-state index in [2.05, 4.69) is 12.1 Å². The average Bonchev–Trinajstić information content (AvgIpc) is 3.50. The van der Waals surface area contributed by atoms with Crippen LogP contribution in [-0.2, 0) is 4.79 Å². The number of nitrogens with zero attached hydrogens (tertiary/aromatic N) is 2. The van der Waals surface area contributed by atoms with Gasteiger partial charge >= 0.3 is 0 Å². The average molecular weight is 387 g/mol. The fraction of sp³-hybridized carbons (Fsp3) is 0.333. The van der Waals surface area contributed by atoms with Crippen molar-refractivity contribution in [2.24, 2.45) is 5.92 Å². The normalized spacial score (nSPS) is 21.9. The van der Waals surface area contributed by atoms with Gasteiger partial charge < -0.3 is 9.80 Å². The third-order valence-corrected chi connectivity index (χ3v) is 5.61. The maximum Gasteiger partial charge on any atom is 0.257 e. The van der Waals surface area contributed by atoms with Gasteiger partial charge in [-0.3, -0.25) is 9.59 Å². The van der Waals surface area contributed by atoms with E-state index in [0.717, 1.165) is 6.42 Å². The Kier molecular flexibility index (Phi) is 4.87. The summed E-state index contributed by atoms with van der Waals surface area (Å²) in [5, 5.41) is 0.328. The molecule has 4 nitrogen and oxygen atoms in total. The summed E-state index contributed by atoms with van der Waals surface area (Å²) >= 11 is 5.88. The molecule has 2 aliphatic rings. The van der Waals surface area contributed by atoms with Crippen molar-refractivity contribution >= 4 is 23.4 Å². The second-order valence-corrected chi connectivity index (χ2v) is 7.54. The van der Waals surface area contributed by atoms with E-state index in [1.807, 2.05) is 23.1 Å². The molecule has 1 saturated heterocycles. The van der Waals surface area contributed by atoms with Crippen LogP contribution in [0.1, 0.15) is 28.3 Å². The van der Waals surface area contributed by atoms with Gasteiger partial charge in [0.1, 0.15) is 5.82 Å². The Bertz CT molecular complexity index is 866. The zero-order valence-corrected chi connectivity index (χ0v) is 15.5. The van der Waals surface area contributed by atoms with Crippen LogP contribution in [0, 0.1) is 11.7 Å². The summed E-state index contributed by atoms with van der Waals surface area (Å²) in [6, 6.07) is 14.1. The molecule has 6 heteroatoms. The fourth-order valence-corrected chi connectivity index (χ4v) is 3.90. The Labute approximate surface area is 162 Å². The molecule has 27 heavy (non-hydrogen) atoms. The number of carbonyl (C=O) groups is 2. The van der Waals surface area contributed by atoms with E-state index in [4.69, 9.17) is 11.6 Å². The molecule has 1 heterocycles. The van der Waals surface area contributed by atoms with Crippen LogP contribution < -0.4 is 0 Å². The van der Waals surface area contributed by atoms with Gasteiger partial charge in [0.25, 0.3) is 5.91 Å². The van der Waals surface area contributed by atoms with Crippen LogP contribution >= 0.6 is 11.6 Å². The van der Waals surface area contributed by atoms with Crippen molar-refractivity contribution < 1.29 is 14.0 Å². The van der Waals surface area contributed by atoms with Crippen molar-refractivity contribution in [3.63, 3.8) is 0 Å². The van der Waals surface area contributed by atoms with Crippen molar-refractivity contribution in [3.05, 3.63) is 70.5 Å². The predicted molar refractivity (Wildman–Crippen MR) is 101 cm³/mol. The number of halogens is 2. The van der Waals surface area contributed by atoms with Crippen LogP contribution in [-0.4, -0.2) is 47.8 Å². The van der Waals surface area contributed by atoms with Crippen molar-refractivity contribution in [2.45, 2.75) is 12.3 Å². The molecular weight excluding hydrogens is 367 g/mol. The lowest BCUT2D eigenvalue weighted by Crippen LogP contribution is -2.51. The first kappa shape index (κ1) is 18.0. The van der Waals surface area contributed by atoms with E-state index in [1.54, 1.807) is 4.90 Å². The summed E-state index contributed by atoms with van der Waals surface area (Å²) in [4.78, 5) is 28.7. The van der Waals surface area contributed by atoms with Gasteiger partial charge in [0, 0.05) is 37.1 Å². The van der Waals surface area contributed by atoms with Gasteiger partial charge in [-0.25, -0.2) is 4.39 Å². The van der Waals surface area contributed by atoms with Crippen LogP contribution in [0.4, 0.5) is 4.39 Å². The van der Waals surface area contributed by atoms with Crippen molar-refractivity contribution in [1.82, 2.24) is 9.80 Å². The van der Waals surface area contributed by atoms with E-state index in [-0.39, 0.29) is 23.3 Å². The van der Waals surface area contributed by atoms with Crippen molar-refractivity contribution in [3.8, 4) is 0 Å². The molecule has 0 aromatic heterocycles. The van der Waals surface area contributed by atoms with E-state index in [0.29, 0.717) is 37.1 Å². The van der Waals surface area contributed by atoms with Crippen LogP contribution in [0.15, 0.2) is 48.5 Å². The van der Waals surface area contributed by atoms with E-state index in [9.17, 15) is 14.0 Å². The zero-order valence-electron chi connectivity index (χ0n) is 14.8. The molecule has 2 atom stereocenters. The molecule has 2 fully saturated rings. The Morgan fingerprint density at radius 2 is 1.63 bits per heavy atom. The van der Waals surface area contributed by atoms with Gasteiger partial charge in [-0.1, -0.05) is 41.9 Å². The van der Waals surface area contributed by atoms with Gasteiger partial charge in [0.15, 0.2) is 0 Å². The lowest BCUT2D eigenvalue weighted by atomic mass is 10.1. The number of amides is 2. The van der Waals surface area contributed by atoms with E-state index in [1.165, 1.54) is 23.8 Å². The minimum Gasteiger partial charge on any atom is -0.339 e. The van der Waals surface area contributed by atoms with E-state index < -0.39 is 5.82 Å². The quantitative estimate of drug-likeness (QED) is 0.809. The molecule has 2 amide bonds. The molecule has 0 N–H and O–H groups in total. The molecule has 1 aliphatic heterocycles. The summed E-state index contributed by atoms with van der Waals surface area (Å²) in [5.41, 5.74) is 1.19. The highest BCUT2D eigenvalue weighted by atomic mass is 35.5. The molecular formula is C21H20ClFN2O2. The van der Waals surface area contributed by atoms with Gasteiger partial charge in [0.05, 0.1) is 5.56 Å². The maximum absolute atomic E-state index is 13.9. The molecule has 2 aromatic rings. The molecule has 0 unspecified atom stereocenters. The summed E-state index contributed by atoms with van der Waals surface area (Å²) in [6.45, 7) is 1.76. The van der Waals surface area contributed by atoms with Crippen LogP contribution in [0.5, 0.6) is 0 Å². The molecule has 140 valence electrons. The van der Waals surface area contributed by atoms with Gasteiger partial charge in [0.2, 0.25) is 5.91 Å². The number of rotatable bonds is 3. The standard InChI is InChI=1S/C21H20ClFN2O2/c22-15-6-7-19(23)18(12-15)21(27)25-10-8-24(9-11-25)20(26)17-13-16(17)14-4-2-1-3-5-14/h1-7,12,16-17H,8-11,13H2/t16-,17-/m0/s1. The minimum atomic E-state index is -0.577. The fourth-order valence-electron chi connectivity index (χ4n) is 3.73. The minimum absolute atomic E-state index is 0.0198. The first-order valence-corrected chi connectivity index (χ1v) is 9.50. The number of benzene rings is 2. The first-order valence-electron chi connectivity index (χ1n) is 9.12. The highest BCUT2D eigenvalue weighted by Gasteiger charge is 2.46. The lowest BCUT2D eigenvalue weighted by Gasteiger charge is -2.35. The topological polar surface area (TPSA) is 40.6 Å². The number of carbonyl (C=O) groups excluding carboxylic acids is 2. The van der Waals surface area contributed by atoms with Gasteiger partial charge in [-0.15, -0.1) is 0 Å². The summed E-state index contributed by atoms with van der Waals surface area (Å²) in [7, 11) is 0. The van der Waals surface area contributed by atoms with Crippen LogP contribution in [0.25, 0.3) is 0 Å². The van der Waals surface area contributed by atoms with Crippen LogP contribution in [0.3, 0.4) is 0 Å². The SMILES string of the molecule is O=C(c1cc(Cl)ccc1F)N1CCN(C(=O)[C@H]2C[C@H]2c2ccccc2)CC1. The molecule has 1 saturated carbocycles. The Hall–Kier alpha value is -2.40. The number of hydrogen-bond acceptors (Lipinski definition) is 2. The Morgan fingerprint density at radius 3 is 2.33 bits per heavy atom. The second kappa shape index (κ2) is 7.31. The first-order chi connectivity index (χ1) is 13.0. The van der Waals surface area contributed by atoms with Gasteiger partial charge in [-0.2, -0.15) is 0 Å². The highest BCUT2D eigenvalue weighted by molar-refractivity contribution is 6.31. The smallest absolute Gasteiger partial charge is 0.257 e. The number of hydrogen-bond donors (Lipinski definition) is 0. The molecule has 0 spiro atoms. The van der Waals surface area contributed by atoms with E-state index >= 15 is 0 Å². The molecule has 2 aromatic carbocycles. The predicted octanol–water partition coefficient (Wildman–Crippen LogP) is 3.57. The lowest BCUT2D eigenvalue weighted by molar-refractivity contribution is -0.134. The molecule has 0 radical (unpaired) electrons. The van der Waals surface area contributed by atoms with Crippen molar-refractivity contribution in [2.75, 3.05) is 26.2 Å². The number of piperazine rings is 1. The Morgan fingerprint density at radius 1 is 0.963 bits per heavy atom. The monoisotopic (exact) mass is 386 g/mol. The van der Waals surface area contributed by atoms with Gasteiger partial charge in [-0.05, 0) is 36.1 Å². The molecule has 4 rings (SSSR count).